The Bertz CT molecular complexity index is 942. The van der Waals surface area contributed by atoms with Gasteiger partial charge in [0.15, 0.2) is 0 Å². The Morgan fingerprint density at radius 3 is 2.70 bits per heavy atom. The van der Waals surface area contributed by atoms with Gasteiger partial charge in [0.25, 0.3) is 5.91 Å². The number of nitrogens with zero attached hydrogens (tertiary/aromatic N) is 1. The first kappa shape index (κ1) is 17.6. The third-order valence-electron chi connectivity index (χ3n) is 4.66. The second-order valence-corrected chi connectivity index (χ2v) is 6.89. The van der Waals surface area contributed by atoms with E-state index in [1.807, 2.05) is 42.5 Å². The molecule has 27 heavy (non-hydrogen) atoms. The van der Waals surface area contributed by atoms with E-state index in [0.29, 0.717) is 10.7 Å². The van der Waals surface area contributed by atoms with Crippen LogP contribution in [0.5, 0.6) is 5.75 Å². The Hall–Kier alpha value is -2.85. The van der Waals surface area contributed by atoms with Crippen LogP contribution in [0, 0.1) is 0 Å². The second kappa shape index (κ2) is 7.80. The molecule has 2 aromatic carbocycles. The molecule has 0 spiro atoms. The van der Waals surface area contributed by atoms with Crippen LogP contribution in [0.15, 0.2) is 66.9 Å². The number of pyridine rings is 1. The van der Waals surface area contributed by atoms with Gasteiger partial charge in [-0.25, -0.2) is 4.98 Å². The number of carbonyl (C=O) groups excluding carboxylic acids is 1. The largest absolute Gasteiger partial charge is 0.493 e. The number of hydrogen-bond donors (Lipinski definition) is 1. The summed E-state index contributed by atoms with van der Waals surface area (Å²) in [4.78, 5) is 16.8. The van der Waals surface area contributed by atoms with E-state index < -0.39 is 0 Å². The summed E-state index contributed by atoms with van der Waals surface area (Å²) >= 11 is 5.83. The van der Waals surface area contributed by atoms with Gasteiger partial charge in [-0.1, -0.05) is 48.0 Å². The SMILES string of the molecule is O=C(NC(c1ccccc1)c1ccc2c(c1)CCCO2)c1ccc(Cl)nc1. The van der Waals surface area contributed by atoms with Crippen molar-refractivity contribution in [3.05, 3.63) is 94.3 Å². The van der Waals surface area contributed by atoms with Crippen molar-refractivity contribution in [2.75, 3.05) is 6.61 Å². The number of hydrogen-bond acceptors (Lipinski definition) is 3. The molecule has 136 valence electrons. The number of benzene rings is 2. The number of carbonyl (C=O) groups is 1. The van der Waals surface area contributed by atoms with Crippen LogP contribution in [0.25, 0.3) is 0 Å². The Morgan fingerprint density at radius 1 is 1.07 bits per heavy atom. The quantitative estimate of drug-likeness (QED) is 0.676. The molecule has 0 fully saturated rings. The number of halogens is 1. The molecular weight excluding hydrogens is 360 g/mol. The van der Waals surface area contributed by atoms with Crippen LogP contribution >= 0.6 is 11.6 Å². The van der Waals surface area contributed by atoms with Gasteiger partial charge in [-0.2, -0.15) is 0 Å². The number of aryl methyl sites for hydroxylation is 1. The highest BCUT2D eigenvalue weighted by atomic mass is 35.5. The van der Waals surface area contributed by atoms with Crippen LogP contribution in [0.3, 0.4) is 0 Å². The number of fused-ring (bicyclic) bond motifs is 1. The molecule has 1 aromatic heterocycles. The zero-order valence-corrected chi connectivity index (χ0v) is 15.4. The highest BCUT2D eigenvalue weighted by Crippen LogP contribution is 2.30. The van der Waals surface area contributed by atoms with E-state index in [1.165, 1.54) is 11.8 Å². The molecular formula is C22H19ClN2O2. The lowest BCUT2D eigenvalue weighted by atomic mass is 9.94. The normalized spacial score (nSPS) is 14.0. The summed E-state index contributed by atoms with van der Waals surface area (Å²) in [6.07, 6.45) is 3.48. The smallest absolute Gasteiger partial charge is 0.253 e. The highest BCUT2D eigenvalue weighted by molar-refractivity contribution is 6.29. The fourth-order valence-electron chi connectivity index (χ4n) is 3.29. The molecule has 5 heteroatoms. The van der Waals surface area contributed by atoms with Gasteiger partial charge in [0.2, 0.25) is 0 Å². The van der Waals surface area contributed by atoms with Crippen molar-refractivity contribution in [1.29, 1.82) is 0 Å². The molecule has 1 aliphatic rings. The molecule has 4 nitrogen and oxygen atoms in total. The first-order valence-electron chi connectivity index (χ1n) is 8.94. The number of ether oxygens (including phenoxy) is 1. The average molecular weight is 379 g/mol. The zero-order valence-electron chi connectivity index (χ0n) is 14.7. The van der Waals surface area contributed by atoms with Crippen LogP contribution in [-0.2, 0) is 6.42 Å². The lowest BCUT2D eigenvalue weighted by Crippen LogP contribution is -2.29. The Balaban J connectivity index is 1.67. The summed E-state index contributed by atoms with van der Waals surface area (Å²) in [5.74, 6) is 0.743. The van der Waals surface area contributed by atoms with Crippen molar-refractivity contribution in [3.63, 3.8) is 0 Å². The Labute approximate surface area is 163 Å². The zero-order chi connectivity index (χ0) is 18.6. The Morgan fingerprint density at radius 2 is 1.93 bits per heavy atom. The maximum atomic E-state index is 12.8. The van der Waals surface area contributed by atoms with Crippen molar-refractivity contribution in [1.82, 2.24) is 10.3 Å². The van der Waals surface area contributed by atoms with Gasteiger partial charge in [0, 0.05) is 6.20 Å². The molecule has 1 amide bonds. The van der Waals surface area contributed by atoms with E-state index in [2.05, 4.69) is 16.4 Å². The number of amides is 1. The molecule has 0 saturated carbocycles. The van der Waals surface area contributed by atoms with Crippen LogP contribution < -0.4 is 10.1 Å². The fraction of sp³-hybridized carbons (Fsp3) is 0.182. The standard InChI is InChI=1S/C22H19ClN2O2/c23-20-11-9-18(14-24-20)22(26)25-21(15-5-2-1-3-6-15)17-8-10-19-16(13-17)7-4-12-27-19/h1-3,5-6,8-11,13-14,21H,4,7,12H2,(H,25,26). The van der Waals surface area contributed by atoms with Crippen LogP contribution in [0.4, 0.5) is 0 Å². The maximum absolute atomic E-state index is 12.8. The summed E-state index contributed by atoms with van der Waals surface area (Å²) in [6, 6.07) is 19.1. The predicted molar refractivity (Wildman–Crippen MR) is 105 cm³/mol. The minimum Gasteiger partial charge on any atom is -0.493 e. The van der Waals surface area contributed by atoms with E-state index in [9.17, 15) is 4.79 Å². The van der Waals surface area contributed by atoms with Gasteiger partial charge in [-0.05, 0) is 53.8 Å². The molecule has 1 N–H and O–H groups in total. The van der Waals surface area contributed by atoms with Crippen LogP contribution in [0.1, 0.15) is 39.5 Å². The van der Waals surface area contributed by atoms with E-state index in [0.717, 1.165) is 36.3 Å². The summed E-state index contributed by atoms with van der Waals surface area (Å²) in [7, 11) is 0. The minimum absolute atomic E-state index is 0.193. The minimum atomic E-state index is -0.262. The predicted octanol–water partition coefficient (Wildman–Crippen LogP) is 4.58. The fourth-order valence-corrected chi connectivity index (χ4v) is 3.40. The molecule has 0 bridgehead atoms. The maximum Gasteiger partial charge on any atom is 0.253 e. The molecule has 0 saturated heterocycles. The van der Waals surface area contributed by atoms with Gasteiger partial charge >= 0.3 is 0 Å². The summed E-state index contributed by atoms with van der Waals surface area (Å²) < 4.78 is 5.72. The molecule has 2 heterocycles. The summed E-state index contributed by atoms with van der Waals surface area (Å²) in [5, 5.41) is 3.49. The summed E-state index contributed by atoms with van der Waals surface area (Å²) in [6.45, 7) is 0.759. The third kappa shape index (κ3) is 3.96. The van der Waals surface area contributed by atoms with E-state index in [4.69, 9.17) is 16.3 Å². The van der Waals surface area contributed by atoms with Gasteiger partial charge in [0.05, 0.1) is 18.2 Å². The van der Waals surface area contributed by atoms with Gasteiger partial charge in [-0.3, -0.25) is 4.79 Å². The number of aromatic nitrogens is 1. The molecule has 0 radical (unpaired) electrons. The van der Waals surface area contributed by atoms with Crippen molar-refractivity contribution in [3.8, 4) is 5.75 Å². The number of nitrogens with one attached hydrogen (secondary N) is 1. The van der Waals surface area contributed by atoms with Crippen molar-refractivity contribution in [2.24, 2.45) is 0 Å². The second-order valence-electron chi connectivity index (χ2n) is 6.51. The lowest BCUT2D eigenvalue weighted by Gasteiger charge is -2.23. The molecule has 1 aliphatic heterocycles. The van der Waals surface area contributed by atoms with Crippen molar-refractivity contribution < 1.29 is 9.53 Å². The van der Waals surface area contributed by atoms with Crippen LogP contribution in [0.2, 0.25) is 5.15 Å². The first-order valence-corrected chi connectivity index (χ1v) is 9.31. The summed E-state index contributed by atoms with van der Waals surface area (Å²) in [5.41, 5.74) is 3.70. The van der Waals surface area contributed by atoms with E-state index in [-0.39, 0.29) is 11.9 Å². The highest BCUT2D eigenvalue weighted by Gasteiger charge is 2.20. The lowest BCUT2D eigenvalue weighted by molar-refractivity contribution is 0.0942. The average Bonchev–Trinajstić information content (AvgIpc) is 2.72. The topological polar surface area (TPSA) is 51.2 Å². The van der Waals surface area contributed by atoms with Crippen molar-refractivity contribution in [2.45, 2.75) is 18.9 Å². The molecule has 4 rings (SSSR count). The third-order valence-corrected chi connectivity index (χ3v) is 4.89. The van der Waals surface area contributed by atoms with Gasteiger partial charge in [0.1, 0.15) is 10.9 Å². The Kier molecular flexibility index (Phi) is 5.07. The molecule has 3 aromatic rings. The number of rotatable bonds is 4. The molecule has 0 aliphatic carbocycles. The molecule has 1 atom stereocenters. The van der Waals surface area contributed by atoms with Gasteiger partial charge < -0.3 is 10.1 Å². The van der Waals surface area contributed by atoms with Crippen molar-refractivity contribution >= 4 is 17.5 Å². The van der Waals surface area contributed by atoms with E-state index in [1.54, 1.807) is 12.1 Å². The molecule has 1 unspecified atom stereocenters. The van der Waals surface area contributed by atoms with Gasteiger partial charge in [-0.15, -0.1) is 0 Å². The first-order chi connectivity index (χ1) is 13.2. The van der Waals surface area contributed by atoms with Crippen LogP contribution in [-0.4, -0.2) is 17.5 Å². The van der Waals surface area contributed by atoms with E-state index >= 15 is 0 Å². The monoisotopic (exact) mass is 378 g/mol.